The molecule has 0 bridgehead atoms. The fourth-order valence-electron chi connectivity index (χ4n) is 8.66. The van der Waals surface area contributed by atoms with Crippen LogP contribution in [0.15, 0.2) is 107 Å². The molecular weight excluding hydrogens is 680 g/mol. The van der Waals surface area contributed by atoms with Gasteiger partial charge in [0.05, 0.1) is 50.0 Å². The number of ether oxygens (including phenoxy) is 6. The summed E-state index contributed by atoms with van der Waals surface area (Å²) in [6.45, 7) is 0.486. The summed E-state index contributed by atoms with van der Waals surface area (Å²) in [7, 11) is 6.24. The molecule has 264 valence electrons. The van der Waals surface area contributed by atoms with Crippen molar-refractivity contribution in [3.8, 4) is 34.5 Å². The lowest BCUT2D eigenvalue weighted by molar-refractivity contribution is 0.305. The van der Waals surface area contributed by atoms with E-state index in [1.807, 2.05) is 84.9 Å². The first-order valence-corrected chi connectivity index (χ1v) is 17.6. The number of hydrogen-bond acceptors (Lipinski definition) is 8. The Balaban J connectivity index is 1.51. The average Bonchev–Trinajstić information content (AvgIpc) is 3.22. The Labute approximate surface area is 307 Å². The van der Waals surface area contributed by atoms with E-state index in [0.29, 0.717) is 77.6 Å². The SMILES string of the molecule is COc1ccc2c3ccc(OC)c4c(=O)c5c(OC)cc(OCc6ccccc6)c6c7c(OCc8ccccc8)cc(OC)c8c(=O)c1c2c(c87)c(c43)c56. The van der Waals surface area contributed by atoms with E-state index < -0.39 is 0 Å². The summed E-state index contributed by atoms with van der Waals surface area (Å²) in [5, 5.41) is 8.87. The van der Waals surface area contributed by atoms with E-state index >= 15 is 9.59 Å². The molecule has 10 aromatic rings. The van der Waals surface area contributed by atoms with Gasteiger partial charge in [-0.15, -0.1) is 0 Å². The first-order valence-electron chi connectivity index (χ1n) is 17.6. The van der Waals surface area contributed by atoms with Crippen molar-refractivity contribution in [1.82, 2.24) is 0 Å². The van der Waals surface area contributed by atoms with Gasteiger partial charge in [-0.3, -0.25) is 9.59 Å². The van der Waals surface area contributed by atoms with Crippen LogP contribution in [0, 0.1) is 0 Å². The Morgan fingerprint density at radius 1 is 0.352 bits per heavy atom. The fourth-order valence-corrected chi connectivity index (χ4v) is 8.66. The smallest absolute Gasteiger partial charge is 0.201 e. The van der Waals surface area contributed by atoms with Gasteiger partial charge in [0.1, 0.15) is 47.7 Å². The maximum atomic E-state index is 15.1. The van der Waals surface area contributed by atoms with Crippen molar-refractivity contribution in [2.75, 3.05) is 28.4 Å². The highest BCUT2D eigenvalue weighted by Gasteiger charge is 2.33. The van der Waals surface area contributed by atoms with Gasteiger partial charge in [0.15, 0.2) is 0 Å². The molecule has 0 aliphatic carbocycles. The maximum Gasteiger partial charge on any atom is 0.201 e. The molecule has 8 nitrogen and oxygen atoms in total. The van der Waals surface area contributed by atoms with E-state index in [2.05, 4.69) is 0 Å². The molecule has 0 aliphatic heterocycles. The molecule has 0 heterocycles. The molecule has 10 aromatic carbocycles. The monoisotopic (exact) mass is 712 g/mol. The van der Waals surface area contributed by atoms with Gasteiger partial charge in [0.25, 0.3) is 0 Å². The Kier molecular flexibility index (Phi) is 7.01. The largest absolute Gasteiger partial charge is 0.496 e. The van der Waals surface area contributed by atoms with Crippen molar-refractivity contribution in [3.05, 3.63) is 129 Å². The summed E-state index contributed by atoms with van der Waals surface area (Å²) in [6.07, 6.45) is 0. The lowest BCUT2D eigenvalue weighted by Crippen LogP contribution is -2.12. The molecule has 0 N–H and O–H groups in total. The third-order valence-corrected chi connectivity index (χ3v) is 10.9. The minimum Gasteiger partial charge on any atom is -0.496 e. The Morgan fingerprint density at radius 2 is 0.704 bits per heavy atom. The highest BCUT2D eigenvalue weighted by Crippen LogP contribution is 2.57. The van der Waals surface area contributed by atoms with Crippen LogP contribution in [0.25, 0.3) is 75.4 Å². The second-order valence-corrected chi connectivity index (χ2v) is 13.5. The van der Waals surface area contributed by atoms with Crippen molar-refractivity contribution < 1.29 is 28.4 Å². The second-order valence-electron chi connectivity index (χ2n) is 13.5. The van der Waals surface area contributed by atoms with Crippen LogP contribution < -0.4 is 39.3 Å². The van der Waals surface area contributed by atoms with Gasteiger partial charge >= 0.3 is 0 Å². The molecule has 8 heteroatoms. The Morgan fingerprint density at radius 3 is 1.07 bits per heavy atom. The topological polar surface area (TPSA) is 89.5 Å². The van der Waals surface area contributed by atoms with E-state index in [1.54, 1.807) is 40.6 Å². The summed E-state index contributed by atoms with van der Waals surface area (Å²) in [4.78, 5) is 30.2. The van der Waals surface area contributed by atoms with Crippen molar-refractivity contribution in [2.24, 2.45) is 0 Å². The highest BCUT2D eigenvalue weighted by atomic mass is 16.5. The van der Waals surface area contributed by atoms with Gasteiger partial charge in [-0.25, -0.2) is 0 Å². The average molecular weight is 713 g/mol. The first-order chi connectivity index (χ1) is 26.5. The summed E-state index contributed by atoms with van der Waals surface area (Å²) in [6, 6.07) is 30.8. The fraction of sp³-hybridized carbons (Fsp3) is 0.130. The number of methoxy groups -OCH3 is 4. The van der Waals surface area contributed by atoms with Gasteiger partial charge in [-0.05, 0) is 34.0 Å². The van der Waals surface area contributed by atoms with Gasteiger partial charge in [0, 0.05) is 55.2 Å². The molecule has 0 aromatic heterocycles. The molecule has 0 unspecified atom stereocenters. The molecule has 0 radical (unpaired) electrons. The molecule has 0 amide bonds. The zero-order chi connectivity index (χ0) is 36.8. The standard InChI is InChI=1S/C46H32O8/c1-49-27-17-15-25-26-16-18-28(50-2)38-34(26)42-41-33(25)37(27)45(47)39-29(51-3)19-31(53-21-23-11-7-5-8-12-23)35(43(39)41)36-32(54-22-24-13-9-6-10-14-24)20-30(52-4)40(44(36)42)46(38)48/h5-20H,21-22H2,1-4H3. The van der Waals surface area contributed by atoms with Crippen LogP contribution in [0.5, 0.6) is 34.5 Å². The number of hydrogen-bond donors (Lipinski definition) is 0. The van der Waals surface area contributed by atoms with Gasteiger partial charge < -0.3 is 28.4 Å². The van der Waals surface area contributed by atoms with Crippen LogP contribution in [0.4, 0.5) is 0 Å². The zero-order valence-electron chi connectivity index (χ0n) is 29.9. The lowest BCUT2D eigenvalue weighted by Gasteiger charge is -2.26. The molecule has 0 saturated carbocycles. The van der Waals surface area contributed by atoms with E-state index in [-0.39, 0.29) is 24.1 Å². The van der Waals surface area contributed by atoms with Crippen LogP contribution in [-0.4, -0.2) is 28.4 Å². The molecule has 0 fully saturated rings. The zero-order valence-corrected chi connectivity index (χ0v) is 29.9. The van der Waals surface area contributed by atoms with Crippen molar-refractivity contribution in [2.45, 2.75) is 13.2 Å². The first kappa shape index (κ1) is 31.9. The van der Waals surface area contributed by atoms with Crippen molar-refractivity contribution in [1.29, 1.82) is 0 Å². The lowest BCUT2D eigenvalue weighted by atomic mass is 9.79. The van der Waals surface area contributed by atoms with Crippen molar-refractivity contribution >= 4 is 75.4 Å². The van der Waals surface area contributed by atoms with Crippen LogP contribution in [0.2, 0.25) is 0 Å². The van der Waals surface area contributed by atoms with Gasteiger partial charge in [-0.1, -0.05) is 72.8 Å². The molecule has 0 aliphatic rings. The Hall–Kier alpha value is -6.80. The van der Waals surface area contributed by atoms with Crippen LogP contribution in [0.1, 0.15) is 11.1 Å². The quantitative estimate of drug-likeness (QED) is 0.102. The summed E-state index contributed by atoms with van der Waals surface area (Å²) in [5.74, 6) is 2.57. The molecule has 54 heavy (non-hydrogen) atoms. The molecule has 0 atom stereocenters. The van der Waals surface area contributed by atoms with Gasteiger partial charge in [-0.2, -0.15) is 0 Å². The highest BCUT2D eigenvalue weighted by molar-refractivity contribution is 6.50. The predicted octanol–water partition coefficient (Wildman–Crippen LogP) is 9.42. The predicted molar refractivity (Wildman–Crippen MR) is 214 cm³/mol. The van der Waals surface area contributed by atoms with E-state index in [0.717, 1.165) is 43.4 Å². The van der Waals surface area contributed by atoms with E-state index in [9.17, 15) is 0 Å². The minimum atomic E-state index is -0.233. The normalized spacial score (nSPS) is 12.0. The second kappa shape index (κ2) is 11.9. The minimum absolute atomic E-state index is 0.233. The summed E-state index contributed by atoms with van der Waals surface area (Å²) < 4.78 is 37.4. The van der Waals surface area contributed by atoms with E-state index in [1.165, 1.54) is 0 Å². The molecular formula is C46H32O8. The molecule has 0 spiro atoms. The van der Waals surface area contributed by atoms with Crippen molar-refractivity contribution in [3.63, 3.8) is 0 Å². The third kappa shape index (κ3) is 4.19. The number of rotatable bonds is 10. The van der Waals surface area contributed by atoms with Crippen LogP contribution in [-0.2, 0) is 13.2 Å². The van der Waals surface area contributed by atoms with Crippen LogP contribution in [0.3, 0.4) is 0 Å². The number of benzene rings is 10. The van der Waals surface area contributed by atoms with Crippen LogP contribution >= 0.6 is 0 Å². The van der Waals surface area contributed by atoms with Gasteiger partial charge in [0.2, 0.25) is 10.9 Å². The number of fused-ring (bicyclic) bond motifs is 2. The maximum absolute atomic E-state index is 15.1. The molecule has 0 saturated heterocycles. The Bertz CT molecular complexity index is 2960. The molecule has 10 rings (SSSR count). The van der Waals surface area contributed by atoms with E-state index in [4.69, 9.17) is 28.4 Å². The third-order valence-electron chi connectivity index (χ3n) is 10.9. The summed E-state index contributed by atoms with van der Waals surface area (Å²) in [5.41, 5.74) is 1.45. The summed E-state index contributed by atoms with van der Waals surface area (Å²) >= 11 is 0.